The molecule has 0 N–H and O–H groups in total. The van der Waals surface area contributed by atoms with Crippen LogP contribution in [0.15, 0.2) is 23.8 Å². The number of nitrogens with zero attached hydrogens (tertiary/aromatic N) is 2. The van der Waals surface area contributed by atoms with Crippen LogP contribution in [0.2, 0.25) is 0 Å². The molecular formula is C10H16N2O2-2. The first-order chi connectivity index (χ1) is 6.58. The molecule has 1 unspecified atom stereocenters. The summed E-state index contributed by atoms with van der Waals surface area (Å²) < 4.78 is 0. The van der Waals surface area contributed by atoms with Crippen LogP contribution in [0, 0.1) is 16.3 Å². The molecule has 0 fully saturated rings. The molecule has 0 aliphatic heterocycles. The molecule has 0 heterocycles. The van der Waals surface area contributed by atoms with Gasteiger partial charge < -0.3 is 20.5 Å². The first kappa shape index (κ1) is 11.4. The van der Waals surface area contributed by atoms with Crippen molar-refractivity contribution in [2.24, 2.45) is 5.92 Å². The zero-order chi connectivity index (χ0) is 10.6. The highest BCUT2D eigenvalue weighted by Crippen LogP contribution is 2.17. The molecule has 0 saturated heterocycles. The second-order valence-corrected chi connectivity index (χ2v) is 3.74. The molecule has 0 aromatic rings. The van der Waals surface area contributed by atoms with Crippen LogP contribution >= 0.6 is 0 Å². The largest absolute Gasteiger partial charge is 0.785 e. The number of rotatable bonds is 4. The van der Waals surface area contributed by atoms with Crippen molar-refractivity contribution in [2.75, 3.05) is 27.2 Å². The highest BCUT2D eigenvalue weighted by Gasteiger charge is 2.08. The SMILES string of the molecule is CN([O-])CC1=CC(CN(C)[O-])CC=C1. The number of hydrogen-bond acceptors (Lipinski definition) is 4. The van der Waals surface area contributed by atoms with Crippen LogP contribution in [0.25, 0.3) is 0 Å². The average molecular weight is 196 g/mol. The molecule has 0 aromatic heterocycles. The van der Waals surface area contributed by atoms with E-state index in [2.05, 4.69) is 0 Å². The van der Waals surface area contributed by atoms with E-state index in [1.54, 1.807) is 0 Å². The minimum Gasteiger partial charge on any atom is -0.785 e. The minimum atomic E-state index is 0.248. The number of hydrogen-bond donors (Lipinski definition) is 0. The third-order valence-corrected chi connectivity index (χ3v) is 2.12. The Hall–Kier alpha value is -0.680. The lowest BCUT2D eigenvalue weighted by molar-refractivity contribution is 0.394. The van der Waals surface area contributed by atoms with Gasteiger partial charge in [-0.3, -0.25) is 0 Å². The first-order valence-corrected chi connectivity index (χ1v) is 4.71. The third-order valence-electron chi connectivity index (χ3n) is 2.12. The van der Waals surface area contributed by atoms with Crippen molar-refractivity contribution in [1.82, 2.24) is 10.1 Å². The van der Waals surface area contributed by atoms with E-state index < -0.39 is 0 Å². The van der Waals surface area contributed by atoms with Gasteiger partial charge in [-0.1, -0.05) is 18.2 Å². The zero-order valence-corrected chi connectivity index (χ0v) is 8.64. The Morgan fingerprint density at radius 1 is 1.36 bits per heavy atom. The summed E-state index contributed by atoms with van der Waals surface area (Å²) in [5.41, 5.74) is 1.00. The Bertz CT molecular complexity index is 234. The molecular weight excluding hydrogens is 180 g/mol. The molecule has 4 nitrogen and oxygen atoms in total. The van der Waals surface area contributed by atoms with E-state index in [0.29, 0.717) is 13.1 Å². The minimum absolute atomic E-state index is 0.248. The van der Waals surface area contributed by atoms with E-state index in [-0.39, 0.29) is 5.92 Å². The molecule has 1 aliphatic carbocycles. The topological polar surface area (TPSA) is 52.6 Å². The van der Waals surface area contributed by atoms with Gasteiger partial charge in [-0.15, -0.1) is 0 Å². The van der Waals surface area contributed by atoms with Crippen molar-refractivity contribution < 1.29 is 0 Å². The molecule has 80 valence electrons. The fraction of sp³-hybridized carbons (Fsp3) is 0.600. The van der Waals surface area contributed by atoms with E-state index in [1.807, 2.05) is 18.2 Å². The summed E-state index contributed by atoms with van der Waals surface area (Å²) in [5.74, 6) is 0.248. The van der Waals surface area contributed by atoms with E-state index in [1.165, 1.54) is 14.1 Å². The predicted octanol–water partition coefficient (Wildman–Crippen LogP) is 1.35. The molecule has 14 heavy (non-hydrogen) atoms. The molecule has 0 saturated carbocycles. The van der Waals surface area contributed by atoms with Crippen molar-refractivity contribution in [3.8, 4) is 0 Å². The molecule has 1 aliphatic rings. The molecule has 0 bridgehead atoms. The van der Waals surface area contributed by atoms with Gasteiger partial charge in [0.15, 0.2) is 0 Å². The molecule has 0 amide bonds. The van der Waals surface area contributed by atoms with Gasteiger partial charge in [0, 0.05) is 6.54 Å². The Kier molecular flexibility index (Phi) is 4.28. The molecule has 0 radical (unpaired) electrons. The summed E-state index contributed by atoms with van der Waals surface area (Å²) in [4.78, 5) is 0. The van der Waals surface area contributed by atoms with Crippen molar-refractivity contribution >= 4 is 0 Å². The summed E-state index contributed by atoms with van der Waals surface area (Å²) >= 11 is 0. The Balaban J connectivity index is 2.50. The molecule has 0 aromatic carbocycles. The van der Waals surface area contributed by atoms with Crippen molar-refractivity contribution in [2.45, 2.75) is 6.42 Å². The quantitative estimate of drug-likeness (QED) is 0.637. The standard InChI is InChI=1S/C10H16N2O2/c1-11(13)7-9-4-3-5-10(6-9)8-12(2)14/h3-4,6,10H,5,7-8H2,1-2H3/q-2. The number of likely N-dealkylation sites (N-methyl/N-ethyl adjacent to an activating group) is 1. The first-order valence-electron chi connectivity index (χ1n) is 4.71. The van der Waals surface area contributed by atoms with Crippen LogP contribution in [0.3, 0.4) is 0 Å². The van der Waals surface area contributed by atoms with E-state index >= 15 is 0 Å². The van der Waals surface area contributed by atoms with Gasteiger partial charge in [0.2, 0.25) is 0 Å². The highest BCUT2D eigenvalue weighted by molar-refractivity contribution is 5.25. The maximum atomic E-state index is 10.8. The van der Waals surface area contributed by atoms with Crippen LogP contribution in [-0.4, -0.2) is 37.3 Å². The molecule has 0 spiro atoms. The summed E-state index contributed by atoms with van der Waals surface area (Å²) in [5, 5.41) is 23.5. The van der Waals surface area contributed by atoms with Gasteiger partial charge in [0.05, 0.1) is 0 Å². The van der Waals surface area contributed by atoms with E-state index in [9.17, 15) is 10.4 Å². The zero-order valence-electron chi connectivity index (χ0n) is 8.64. The smallest absolute Gasteiger partial charge is 0.0109 e. The van der Waals surface area contributed by atoms with Gasteiger partial charge in [-0.05, 0) is 38.6 Å². The fourth-order valence-electron chi connectivity index (χ4n) is 1.64. The van der Waals surface area contributed by atoms with Gasteiger partial charge in [0.1, 0.15) is 0 Å². The lowest BCUT2D eigenvalue weighted by atomic mass is 9.96. The van der Waals surface area contributed by atoms with Crippen molar-refractivity contribution in [3.63, 3.8) is 0 Å². The van der Waals surface area contributed by atoms with E-state index in [0.717, 1.165) is 22.1 Å². The second-order valence-electron chi connectivity index (χ2n) is 3.74. The number of hydroxylamine groups is 4. The van der Waals surface area contributed by atoms with Crippen LogP contribution in [-0.2, 0) is 0 Å². The predicted molar refractivity (Wildman–Crippen MR) is 57.3 cm³/mol. The van der Waals surface area contributed by atoms with Crippen LogP contribution in [0.1, 0.15) is 6.42 Å². The third kappa shape index (κ3) is 4.02. The maximum absolute atomic E-state index is 10.8. The maximum Gasteiger partial charge on any atom is 0.0109 e. The van der Waals surface area contributed by atoms with Crippen LogP contribution in [0.5, 0.6) is 0 Å². The number of allylic oxidation sites excluding steroid dienone is 1. The summed E-state index contributed by atoms with van der Waals surface area (Å²) in [6.07, 6.45) is 6.88. The van der Waals surface area contributed by atoms with Crippen molar-refractivity contribution in [1.29, 1.82) is 0 Å². The average Bonchev–Trinajstić information content (AvgIpc) is 2.01. The van der Waals surface area contributed by atoms with E-state index in [4.69, 9.17) is 0 Å². The Morgan fingerprint density at radius 2 is 2.07 bits per heavy atom. The lowest BCUT2D eigenvalue weighted by Gasteiger charge is -2.29. The Morgan fingerprint density at radius 3 is 2.64 bits per heavy atom. The fourth-order valence-corrected chi connectivity index (χ4v) is 1.64. The highest BCUT2D eigenvalue weighted by atomic mass is 16.5. The van der Waals surface area contributed by atoms with Crippen molar-refractivity contribution in [3.05, 3.63) is 34.2 Å². The summed E-state index contributed by atoms with van der Waals surface area (Å²) in [6.45, 7) is 0.895. The molecule has 4 heteroatoms. The second kappa shape index (κ2) is 5.26. The van der Waals surface area contributed by atoms with Crippen LogP contribution in [0.4, 0.5) is 0 Å². The summed E-state index contributed by atoms with van der Waals surface area (Å²) in [7, 11) is 3.02. The van der Waals surface area contributed by atoms with Gasteiger partial charge in [-0.25, -0.2) is 0 Å². The van der Waals surface area contributed by atoms with Gasteiger partial charge in [0.25, 0.3) is 0 Å². The molecule has 1 rings (SSSR count). The molecule has 1 atom stereocenters. The van der Waals surface area contributed by atoms with Gasteiger partial charge in [-0.2, -0.15) is 0 Å². The summed E-state index contributed by atoms with van der Waals surface area (Å²) in [6, 6.07) is 0. The normalized spacial score (nSPS) is 21.9. The monoisotopic (exact) mass is 196 g/mol. The van der Waals surface area contributed by atoms with Gasteiger partial charge >= 0.3 is 0 Å². The van der Waals surface area contributed by atoms with Crippen LogP contribution < -0.4 is 0 Å². The Labute approximate surface area is 84.7 Å². The lowest BCUT2D eigenvalue weighted by Crippen LogP contribution is -2.21.